The highest BCUT2D eigenvalue weighted by atomic mass is 16.5. The van der Waals surface area contributed by atoms with Gasteiger partial charge in [-0.1, -0.05) is 42.5 Å². The molecule has 226 valence electrons. The van der Waals surface area contributed by atoms with Crippen LogP contribution in [-0.2, 0) is 33.8 Å². The van der Waals surface area contributed by atoms with E-state index in [-0.39, 0.29) is 5.91 Å². The number of rotatable bonds is 16. The summed E-state index contributed by atoms with van der Waals surface area (Å²) in [5.74, 6) is -0.0119. The van der Waals surface area contributed by atoms with Crippen LogP contribution in [0.15, 0.2) is 91.4 Å². The smallest absolute Gasteiger partial charge is 0.220 e. The molecule has 0 aliphatic rings. The van der Waals surface area contributed by atoms with Gasteiger partial charge in [0.05, 0.1) is 31.9 Å². The summed E-state index contributed by atoms with van der Waals surface area (Å²) >= 11 is 0. The van der Waals surface area contributed by atoms with Crippen LogP contribution < -0.4 is 10.6 Å². The Kier molecular flexibility index (Phi) is 9.88. The number of ether oxygens (including phenoxy) is 2. The van der Waals surface area contributed by atoms with Crippen LogP contribution in [0.1, 0.15) is 23.2 Å². The third kappa shape index (κ3) is 7.49. The molecule has 9 heteroatoms. The number of hydrogen-bond acceptors (Lipinski definition) is 6. The minimum Gasteiger partial charge on any atom is -0.378 e. The third-order valence-corrected chi connectivity index (χ3v) is 7.70. The number of hydrogen-bond donors (Lipinski definition) is 3. The number of pyridine rings is 2. The van der Waals surface area contributed by atoms with E-state index in [4.69, 9.17) is 9.47 Å². The van der Waals surface area contributed by atoms with Crippen molar-refractivity contribution in [1.29, 1.82) is 0 Å². The van der Waals surface area contributed by atoms with Crippen LogP contribution in [0, 0.1) is 0 Å². The first-order chi connectivity index (χ1) is 21.7. The second-order valence-corrected chi connectivity index (χ2v) is 10.8. The van der Waals surface area contributed by atoms with Crippen molar-refractivity contribution >= 4 is 38.7 Å². The van der Waals surface area contributed by atoms with Crippen molar-refractivity contribution in [3.05, 3.63) is 108 Å². The number of carbonyl (C=O) groups is 1. The maximum absolute atomic E-state index is 12.3. The third-order valence-electron chi connectivity index (χ3n) is 7.70. The molecule has 2 aromatic carbocycles. The van der Waals surface area contributed by atoms with Crippen molar-refractivity contribution in [2.45, 2.75) is 25.9 Å². The molecule has 0 unspecified atom stereocenters. The highest BCUT2D eigenvalue weighted by Gasteiger charge is 2.09. The maximum Gasteiger partial charge on any atom is 0.220 e. The van der Waals surface area contributed by atoms with Crippen LogP contribution in [0.25, 0.3) is 32.8 Å². The Hall–Kier alpha value is -4.57. The highest BCUT2D eigenvalue weighted by molar-refractivity contribution is 6.05. The molecule has 0 spiro atoms. The van der Waals surface area contributed by atoms with Gasteiger partial charge in [-0.2, -0.15) is 0 Å². The monoisotopic (exact) mass is 590 g/mol. The van der Waals surface area contributed by atoms with Gasteiger partial charge in [-0.15, -0.1) is 0 Å². The van der Waals surface area contributed by atoms with E-state index in [1.54, 1.807) is 6.20 Å². The van der Waals surface area contributed by atoms with Gasteiger partial charge in [-0.25, -0.2) is 4.98 Å². The van der Waals surface area contributed by atoms with Crippen LogP contribution in [0.2, 0.25) is 0 Å². The number of carbonyl (C=O) groups excluding carboxylic acids is 1. The van der Waals surface area contributed by atoms with Crippen molar-refractivity contribution in [3.63, 3.8) is 0 Å². The van der Waals surface area contributed by atoms with Crippen molar-refractivity contribution < 1.29 is 14.3 Å². The van der Waals surface area contributed by atoms with Crippen molar-refractivity contribution in [1.82, 2.24) is 30.2 Å². The minimum absolute atomic E-state index is 0.0119. The molecule has 0 aliphatic heterocycles. The lowest BCUT2D eigenvalue weighted by Gasteiger charge is -2.10. The molecule has 0 fully saturated rings. The van der Waals surface area contributed by atoms with Crippen LogP contribution in [0.4, 0.5) is 0 Å². The summed E-state index contributed by atoms with van der Waals surface area (Å²) < 4.78 is 13.6. The molecule has 44 heavy (non-hydrogen) atoms. The molecule has 4 heterocycles. The standard InChI is InChI=1S/C35H38N6O3/c42-34(12-10-28-9-11-30-31-24-36-15-13-32(31)40-35(30)39-28)38-17-20-44-22-21-43-19-16-37-23-27-7-4-8-33-29(27)14-18-41(33)25-26-5-2-1-3-6-26/h1-9,11,13-15,18,24,37H,10,12,16-17,19-23,25H2,(H,38,42)(H,39,40). The zero-order chi connectivity index (χ0) is 30.0. The Labute approximate surface area is 256 Å². The summed E-state index contributed by atoms with van der Waals surface area (Å²) in [5.41, 5.74) is 6.53. The topological polar surface area (TPSA) is 106 Å². The van der Waals surface area contributed by atoms with E-state index in [0.29, 0.717) is 45.8 Å². The zero-order valence-electron chi connectivity index (χ0n) is 24.8. The number of aromatic amines is 1. The lowest BCUT2D eigenvalue weighted by Crippen LogP contribution is -2.28. The largest absolute Gasteiger partial charge is 0.378 e. The van der Waals surface area contributed by atoms with E-state index in [1.807, 2.05) is 30.5 Å². The number of nitrogens with one attached hydrogen (secondary N) is 3. The Morgan fingerprint density at radius 1 is 0.841 bits per heavy atom. The summed E-state index contributed by atoms with van der Waals surface area (Å²) in [4.78, 5) is 24.4. The molecule has 0 saturated carbocycles. The molecular weight excluding hydrogens is 552 g/mol. The highest BCUT2D eigenvalue weighted by Crippen LogP contribution is 2.24. The lowest BCUT2D eigenvalue weighted by molar-refractivity contribution is -0.121. The summed E-state index contributed by atoms with van der Waals surface area (Å²) in [6, 6.07) is 25.2. The average molecular weight is 591 g/mol. The fourth-order valence-corrected chi connectivity index (χ4v) is 5.44. The lowest BCUT2D eigenvalue weighted by atomic mass is 10.1. The van der Waals surface area contributed by atoms with Gasteiger partial charge in [0.15, 0.2) is 0 Å². The van der Waals surface area contributed by atoms with E-state index in [0.717, 1.165) is 47.3 Å². The molecule has 0 atom stereocenters. The quantitative estimate of drug-likeness (QED) is 0.137. The van der Waals surface area contributed by atoms with E-state index in [9.17, 15) is 4.79 Å². The number of aromatic nitrogens is 4. The van der Waals surface area contributed by atoms with Gasteiger partial charge in [0.1, 0.15) is 5.65 Å². The summed E-state index contributed by atoms with van der Waals surface area (Å²) in [6.45, 7) is 4.97. The molecule has 3 N–H and O–H groups in total. The number of benzene rings is 2. The first kappa shape index (κ1) is 29.5. The van der Waals surface area contributed by atoms with Crippen LogP contribution in [0.5, 0.6) is 0 Å². The molecule has 6 rings (SSSR count). The van der Waals surface area contributed by atoms with E-state index >= 15 is 0 Å². The molecule has 1 amide bonds. The maximum atomic E-state index is 12.3. The predicted molar refractivity (Wildman–Crippen MR) is 174 cm³/mol. The van der Waals surface area contributed by atoms with Gasteiger partial charge in [0, 0.05) is 78.6 Å². The number of amides is 1. The predicted octanol–water partition coefficient (Wildman–Crippen LogP) is 4.99. The van der Waals surface area contributed by atoms with Crippen molar-refractivity contribution in [2.75, 3.05) is 39.5 Å². The molecule has 4 aromatic heterocycles. The minimum atomic E-state index is -0.0119. The van der Waals surface area contributed by atoms with E-state index in [1.165, 1.54) is 22.0 Å². The van der Waals surface area contributed by atoms with E-state index in [2.05, 4.69) is 84.9 Å². The van der Waals surface area contributed by atoms with Crippen LogP contribution in [-0.4, -0.2) is 64.9 Å². The van der Waals surface area contributed by atoms with E-state index < -0.39 is 0 Å². The summed E-state index contributed by atoms with van der Waals surface area (Å²) in [6.07, 6.45) is 6.72. The van der Waals surface area contributed by atoms with Gasteiger partial charge in [0.25, 0.3) is 0 Å². The van der Waals surface area contributed by atoms with Crippen LogP contribution in [0.3, 0.4) is 0 Å². The Morgan fingerprint density at radius 2 is 1.70 bits per heavy atom. The number of aryl methyl sites for hydroxylation is 1. The molecule has 6 aromatic rings. The summed E-state index contributed by atoms with van der Waals surface area (Å²) in [5, 5.41) is 9.76. The van der Waals surface area contributed by atoms with Crippen molar-refractivity contribution in [2.24, 2.45) is 0 Å². The molecule has 0 bridgehead atoms. The molecule has 0 saturated heterocycles. The average Bonchev–Trinajstić information content (AvgIpc) is 3.64. The fraction of sp³-hybridized carbons (Fsp3) is 0.286. The molecule has 0 radical (unpaired) electrons. The van der Waals surface area contributed by atoms with Gasteiger partial charge in [-0.05, 0) is 47.9 Å². The number of fused-ring (bicyclic) bond motifs is 4. The number of nitrogens with zero attached hydrogens (tertiary/aromatic N) is 3. The molecular formula is C35H38N6O3. The van der Waals surface area contributed by atoms with Gasteiger partial charge in [0.2, 0.25) is 5.91 Å². The Morgan fingerprint density at radius 3 is 2.59 bits per heavy atom. The SMILES string of the molecule is O=C(CCc1ccc2c(n1)[nH]c1ccncc12)NCCOCCOCCNCc1cccc2c1ccn2Cc1ccccc1. The molecule has 9 nitrogen and oxygen atoms in total. The van der Waals surface area contributed by atoms with Crippen molar-refractivity contribution in [3.8, 4) is 0 Å². The van der Waals surface area contributed by atoms with Crippen LogP contribution >= 0.6 is 0 Å². The Balaban J connectivity index is 0.807. The first-order valence-corrected chi connectivity index (χ1v) is 15.2. The molecule has 0 aliphatic carbocycles. The second-order valence-electron chi connectivity index (χ2n) is 10.8. The first-order valence-electron chi connectivity index (χ1n) is 15.2. The van der Waals surface area contributed by atoms with Gasteiger partial charge >= 0.3 is 0 Å². The second kappa shape index (κ2) is 14.7. The normalized spacial score (nSPS) is 11.5. The Bertz CT molecular complexity index is 1810. The van der Waals surface area contributed by atoms with Gasteiger partial charge in [-0.3, -0.25) is 9.78 Å². The zero-order valence-corrected chi connectivity index (χ0v) is 24.8. The number of H-pyrrole nitrogens is 1. The summed E-state index contributed by atoms with van der Waals surface area (Å²) in [7, 11) is 0. The fourth-order valence-electron chi connectivity index (χ4n) is 5.44. The van der Waals surface area contributed by atoms with Gasteiger partial charge < -0.3 is 29.7 Å².